The molecule has 0 aromatic heterocycles. The molecule has 2 rings (SSSR count). The van der Waals surface area contributed by atoms with E-state index in [1.807, 2.05) is 0 Å². The largest absolute Gasteiger partial charge is 0.496 e. The number of benzene rings is 2. The monoisotopic (exact) mass is 312 g/mol. The molecule has 0 heterocycles. The summed E-state index contributed by atoms with van der Waals surface area (Å²) in [5.41, 5.74) is 3.15. The maximum absolute atomic E-state index is 14.1. The standard InChI is InChI=1S/C15H15ClF2N2O/c1-21-14-4-2-3-11(17)15(14)13(20-19)7-9-5-6-10(16)8-12(9)18/h2-6,8,13,20H,7,19H2,1H3. The van der Waals surface area contributed by atoms with E-state index in [4.69, 9.17) is 22.2 Å². The minimum atomic E-state index is -0.628. The normalized spacial score (nSPS) is 12.2. The summed E-state index contributed by atoms with van der Waals surface area (Å²) >= 11 is 5.72. The Morgan fingerprint density at radius 3 is 2.62 bits per heavy atom. The first-order valence-corrected chi connectivity index (χ1v) is 6.67. The topological polar surface area (TPSA) is 47.3 Å². The number of nitrogens with one attached hydrogen (secondary N) is 1. The third-order valence-corrected chi connectivity index (χ3v) is 3.46. The van der Waals surface area contributed by atoms with Crippen LogP contribution in [-0.4, -0.2) is 7.11 Å². The molecule has 0 saturated carbocycles. The van der Waals surface area contributed by atoms with Crippen molar-refractivity contribution in [1.82, 2.24) is 5.43 Å². The van der Waals surface area contributed by atoms with Crippen LogP contribution in [0.5, 0.6) is 5.75 Å². The summed E-state index contributed by atoms with van der Waals surface area (Å²) < 4.78 is 33.1. The van der Waals surface area contributed by atoms with E-state index in [1.165, 1.54) is 25.3 Å². The second-order valence-corrected chi connectivity index (χ2v) is 4.95. The highest BCUT2D eigenvalue weighted by Gasteiger charge is 2.21. The van der Waals surface area contributed by atoms with E-state index in [0.717, 1.165) is 0 Å². The maximum Gasteiger partial charge on any atom is 0.131 e. The van der Waals surface area contributed by atoms with Gasteiger partial charge in [0.05, 0.1) is 13.2 Å². The SMILES string of the molecule is COc1cccc(F)c1C(Cc1ccc(Cl)cc1F)NN. The highest BCUT2D eigenvalue weighted by Crippen LogP contribution is 2.30. The fourth-order valence-corrected chi connectivity index (χ4v) is 2.34. The quantitative estimate of drug-likeness (QED) is 0.657. The average molecular weight is 313 g/mol. The average Bonchev–Trinajstić information content (AvgIpc) is 2.47. The second kappa shape index (κ2) is 6.85. The number of halogens is 3. The molecular weight excluding hydrogens is 298 g/mol. The third kappa shape index (κ3) is 3.50. The highest BCUT2D eigenvalue weighted by atomic mass is 35.5. The molecule has 2 aromatic carbocycles. The molecule has 0 saturated heterocycles. The van der Waals surface area contributed by atoms with Gasteiger partial charge in [0.2, 0.25) is 0 Å². The van der Waals surface area contributed by atoms with Crippen LogP contribution < -0.4 is 16.0 Å². The molecule has 112 valence electrons. The van der Waals surface area contributed by atoms with Crippen LogP contribution in [0.4, 0.5) is 8.78 Å². The Balaban J connectivity index is 2.36. The van der Waals surface area contributed by atoms with Crippen molar-refractivity contribution in [2.75, 3.05) is 7.11 Å². The summed E-state index contributed by atoms with van der Waals surface area (Å²) in [5.74, 6) is 4.93. The molecule has 6 heteroatoms. The number of hydrogen-bond acceptors (Lipinski definition) is 3. The van der Waals surface area contributed by atoms with Crippen molar-refractivity contribution in [3.63, 3.8) is 0 Å². The van der Waals surface area contributed by atoms with Gasteiger partial charge in [0.25, 0.3) is 0 Å². The molecule has 2 aromatic rings. The summed E-state index contributed by atoms with van der Waals surface area (Å²) in [4.78, 5) is 0. The van der Waals surface area contributed by atoms with Gasteiger partial charge in [0.1, 0.15) is 17.4 Å². The van der Waals surface area contributed by atoms with Crippen LogP contribution >= 0.6 is 11.6 Å². The lowest BCUT2D eigenvalue weighted by Crippen LogP contribution is -2.31. The Labute approximate surface area is 126 Å². The number of ether oxygens (including phenoxy) is 1. The van der Waals surface area contributed by atoms with Gasteiger partial charge >= 0.3 is 0 Å². The van der Waals surface area contributed by atoms with E-state index in [2.05, 4.69) is 5.43 Å². The molecule has 21 heavy (non-hydrogen) atoms. The van der Waals surface area contributed by atoms with Gasteiger partial charge in [-0.05, 0) is 36.2 Å². The summed E-state index contributed by atoms with van der Waals surface area (Å²) in [7, 11) is 1.44. The smallest absolute Gasteiger partial charge is 0.131 e. The van der Waals surface area contributed by atoms with Crippen molar-refractivity contribution in [3.05, 3.63) is 64.2 Å². The van der Waals surface area contributed by atoms with Gasteiger partial charge in [-0.1, -0.05) is 23.7 Å². The van der Waals surface area contributed by atoms with Crippen molar-refractivity contribution in [1.29, 1.82) is 0 Å². The van der Waals surface area contributed by atoms with Crippen molar-refractivity contribution < 1.29 is 13.5 Å². The Morgan fingerprint density at radius 2 is 2.00 bits per heavy atom. The molecule has 0 amide bonds. The van der Waals surface area contributed by atoms with Crippen molar-refractivity contribution in [2.24, 2.45) is 5.84 Å². The minimum Gasteiger partial charge on any atom is -0.496 e. The molecule has 3 N–H and O–H groups in total. The Bertz CT molecular complexity index is 637. The minimum absolute atomic E-state index is 0.163. The molecule has 1 unspecified atom stereocenters. The zero-order valence-electron chi connectivity index (χ0n) is 11.4. The van der Waals surface area contributed by atoms with E-state index >= 15 is 0 Å². The van der Waals surface area contributed by atoms with E-state index in [0.29, 0.717) is 16.3 Å². The number of hydrazine groups is 1. The lowest BCUT2D eigenvalue weighted by atomic mass is 9.97. The van der Waals surface area contributed by atoms with Gasteiger partial charge in [-0.25, -0.2) is 8.78 Å². The molecule has 0 bridgehead atoms. The van der Waals surface area contributed by atoms with Gasteiger partial charge in [-0.15, -0.1) is 0 Å². The molecule has 0 fully saturated rings. The number of methoxy groups -OCH3 is 1. The summed E-state index contributed by atoms with van der Waals surface area (Å²) in [5, 5.41) is 0.303. The Hall–Kier alpha value is -1.69. The van der Waals surface area contributed by atoms with E-state index in [9.17, 15) is 8.78 Å². The summed E-state index contributed by atoms with van der Waals surface area (Å²) in [6, 6.07) is 8.18. The predicted octanol–water partition coefficient (Wildman–Crippen LogP) is 3.37. The molecular formula is C15H15ClF2N2O. The van der Waals surface area contributed by atoms with Crippen LogP contribution in [-0.2, 0) is 6.42 Å². The molecule has 3 nitrogen and oxygen atoms in total. The third-order valence-electron chi connectivity index (χ3n) is 3.22. The van der Waals surface area contributed by atoms with Crippen LogP contribution in [0.1, 0.15) is 17.2 Å². The van der Waals surface area contributed by atoms with Crippen molar-refractivity contribution >= 4 is 11.6 Å². The molecule has 0 aliphatic heterocycles. The first kappa shape index (κ1) is 15.7. The van der Waals surface area contributed by atoms with E-state index < -0.39 is 17.7 Å². The van der Waals surface area contributed by atoms with E-state index in [-0.39, 0.29) is 12.0 Å². The van der Waals surface area contributed by atoms with Gasteiger partial charge in [0, 0.05) is 10.6 Å². The summed E-state index contributed by atoms with van der Waals surface area (Å²) in [6.07, 6.45) is 0.163. The number of nitrogens with two attached hydrogens (primary N) is 1. The van der Waals surface area contributed by atoms with Crippen LogP contribution in [0.25, 0.3) is 0 Å². The van der Waals surface area contributed by atoms with Gasteiger partial charge < -0.3 is 4.74 Å². The molecule has 0 aliphatic carbocycles. The van der Waals surface area contributed by atoms with Crippen molar-refractivity contribution in [3.8, 4) is 5.75 Å². The van der Waals surface area contributed by atoms with Crippen molar-refractivity contribution in [2.45, 2.75) is 12.5 Å². The number of hydrogen-bond donors (Lipinski definition) is 2. The van der Waals surface area contributed by atoms with Crippen LogP contribution in [0.2, 0.25) is 5.02 Å². The second-order valence-electron chi connectivity index (χ2n) is 4.51. The van der Waals surface area contributed by atoms with Gasteiger partial charge in [-0.3, -0.25) is 11.3 Å². The van der Waals surface area contributed by atoms with Gasteiger partial charge in [-0.2, -0.15) is 0 Å². The molecule has 0 radical (unpaired) electrons. The first-order chi connectivity index (χ1) is 10.1. The Kier molecular flexibility index (Phi) is 5.12. The lowest BCUT2D eigenvalue weighted by molar-refractivity contribution is 0.389. The molecule has 0 spiro atoms. The predicted molar refractivity (Wildman–Crippen MR) is 78.1 cm³/mol. The highest BCUT2D eigenvalue weighted by molar-refractivity contribution is 6.30. The summed E-state index contributed by atoms with van der Waals surface area (Å²) in [6.45, 7) is 0. The Morgan fingerprint density at radius 1 is 1.24 bits per heavy atom. The first-order valence-electron chi connectivity index (χ1n) is 6.29. The molecule has 1 atom stereocenters. The molecule has 0 aliphatic rings. The fourth-order valence-electron chi connectivity index (χ4n) is 2.18. The van der Waals surface area contributed by atoms with Gasteiger partial charge in [0.15, 0.2) is 0 Å². The van der Waals surface area contributed by atoms with E-state index in [1.54, 1.807) is 18.2 Å². The zero-order chi connectivity index (χ0) is 15.4. The number of rotatable bonds is 5. The zero-order valence-corrected chi connectivity index (χ0v) is 12.1. The maximum atomic E-state index is 14.1. The fraction of sp³-hybridized carbons (Fsp3) is 0.200. The van der Waals surface area contributed by atoms with Crippen LogP contribution in [0.3, 0.4) is 0 Å². The lowest BCUT2D eigenvalue weighted by Gasteiger charge is -2.20. The van der Waals surface area contributed by atoms with Crippen LogP contribution in [0.15, 0.2) is 36.4 Å². The van der Waals surface area contributed by atoms with Crippen LogP contribution in [0, 0.1) is 11.6 Å².